The van der Waals surface area contributed by atoms with E-state index in [1.807, 2.05) is 13.0 Å². The zero-order chi connectivity index (χ0) is 29.4. The molecule has 2 aliphatic rings. The lowest BCUT2D eigenvalue weighted by Gasteiger charge is -2.40. The highest BCUT2D eigenvalue weighted by Gasteiger charge is 2.57. The molecule has 0 fully saturated rings. The van der Waals surface area contributed by atoms with E-state index in [9.17, 15) is 29.7 Å². The Balaban J connectivity index is 0.000000305. The van der Waals surface area contributed by atoms with Gasteiger partial charge in [0, 0.05) is 47.5 Å². The molecule has 3 aromatic rings. The number of carbonyl (C=O) groups is 3. The zero-order valence-corrected chi connectivity index (χ0v) is 22.8. The molecule has 0 saturated carbocycles. The van der Waals surface area contributed by atoms with Crippen LogP contribution in [-0.2, 0) is 15.0 Å². The van der Waals surface area contributed by atoms with E-state index in [4.69, 9.17) is 9.84 Å². The number of carboxylic acid groups (broad SMARTS) is 1. The highest BCUT2D eigenvalue weighted by atomic mass is 16.5. The second kappa shape index (κ2) is 12.0. The van der Waals surface area contributed by atoms with Crippen molar-refractivity contribution in [2.24, 2.45) is 11.8 Å². The van der Waals surface area contributed by atoms with Gasteiger partial charge in [-0.15, -0.1) is 0 Å². The van der Waals surface area contributed by atoms with Crippen LogP contribution in [0.1, 0.15) is 68.1 Å². The number of aliphatic hydroxyl groups excluding tert-OH is 1. The molecule has 9 nitrogen and oxygen atoms in total. The van der Waals surface area contributed by atoms with Crippen LogP contribution in [0.2, 0.25) is 0 Å². The van der Waals surface area contributed by atoms with E-state index >= 15 is 0 Å². The van der Waals surface area contributed by atoms with Gasteiger partial charge in [-0.3, -0.25) is 14.4 Å². The van der Waals surface area contributed by atoms with Crippen molar-refractivity contribution in [2.75, 3.05) is 12.4 Å². The minimum Gasteiger partial charge on any atom is -0.508 e. The maximum absolute atomic E-state index is 13.0. The molecule has 0 amide bonds. The lowest BCUT2D eigenvalue weighted by Crippen LogP contribution is -2.42. The summed E-state index contributed by atoms with van der Waals surface area (Å²) in [5.74, 6) is -0.964. The minimum atomic E-state index is -1.37. The van der Waals surface area contributed by atoms with Crippen LogP contribution in [0.4, 0.5) is 5.69 Å². The number of benzene rings is 3. The third kappa shape index (κ3) is 5.37. The number of aromatic hydroxyl groups is 2. The van der Waals surface area contributed by atoms with Crippen molar-refractivity contribution < 1.29 is 39.5 Å². The maximum Gasteiger partial charge on any atom is 0.306 e. The first-order valence-electron chi connectivity index (χ1n) is 13.1. The molecule has 5 rings (SSSR count). The molecule has 3 atom stereocenters. The SMILES string of the molecule is C.CCC(CC(C)C(C)=O)C(=O)O.CNc1ccc2c(c1)C1(c3ccc(O)cc3Oc3cc(O)ccc31)C(O)C2=O. The molecule has 1 spiro atoms. The first-order valence-corrected chi connectivity index (χ1v) is 13.1. The van der Waals surface area contributed by atoms with Crippen molar-refractivity contribution in [1.29, 1.82) is 0 Å². The molecule has 3 unspecified atom stereocenters. The van der Waals surface area contributed by atoms with Crippen LogP contribution in [0.3, 0.4) is 0 Å². The highest BCUT2D eigenvalue weighted by molar-refractivity contribution is 6.08. The van der Waals surface area contributed by atoms with Crippen LogP contribution in [0, 0.1) is 11.8 Å². The summed E-state index contributed by atoms with van der Waals surface area (Å²) in [6, 6.07) is 14.6. The smallest absolute Gasteiger partial charge is 0.306 e. The first-order chi connectivity index (χ1) is 18.9. The second-order valence-electron chi connectivity index (χ2n) is 10.2. The fourth-order valence-electron chi connectivity index (χ4n) is 5.46. The van der Waals surface area contributed by atoms with Gasteiger partial charge in [0.05, 0.1) is 11.3 Å². The van der Waals surface area contributed by atoms with Gasteiger partial charge in [0.25, 0.3) is 0 Å². The van der Waals surface area contributed by atoms with Gasteiger partial charge in [0.2, 0.25) is 0 Å². The van der Waals surface area contributed by atoms with Crippen molar-refractivity contribution in [3.63, 3.8) is 0 Å². The van der Waals surface area contributed by atoms with Gasteiger partial charge in [-0.25, -0.2) is 0 Å². The summed E-state index contributed by atoms with van der Waals surface area (Å²) in [7, 11) is 1.78. The van der Waals surface area contributed by atoms with Crippen molar-refractivity contribution >= 4 is 23.2 Å². The Morgan fingerprint density at radius 1 is 0.976 bits per heavy atom. The molecule has 0 radical (unpaired) electrons. The summed E-state index contributed by atoms with van der Waals surface area (Å²) in [6.07, 6.45) is -0.321. The summed E-state index contributed by atoms with van der Waals surface area (Å²) >= 11 is 0. The quantitative estimate of drug-likeness (QED) is 0.262. The van der Waals surface area contributed by atoms with E-state index in [0.717, 1.165) is 5.69 Å². The number of rotatable bonds is 6. The number of anilines is 1. The lowest BCUT2D eigenvalue weighted by atomic mass is 9.67. The predicted octanol–water partition coefficient (Wildman–Crippen LogP) is 5.49. The number of ketones is 2. The summed E-state index contributed by atoms with van der Waals surface area (Å²) < 4.78 is 5.92. The van der Waals surface area contributed by atoms with Crippen LogP contribution >= 0.6 is 0 Å². The predicted molar refractivity (Wildman–Crippen MR) is 155 cm³/mol. The van der Waals surface area contributed by atoms with Gasteiger partial charge in [-0.1, -0.05) is 33.4 Å². The molecule has 5 N–H and O–H groups in total. The van der Waals surface area contributed by atoms with Crippen LogP contribution in [0.5, 0.6) is 23.0 Å². The van der Waals surface area contributed by atoms with E-state index in [1.165, 1.54) is 31.2 Å². The number of nitrogens with one attached hydrogen (secondary N) is 1. The topological polar surface area (TPSA) is 153 Å². The number of hydrogen-bond acceptors (Lipinski definition) is 8. The first kappa shape index (κ1) is 31.2. The lowest BCUT2D eigenvalue weighted by molar-refractivity contribution is -0.142. The van der Waals surface area contributed by atoms with Gasteiger partial charge in [0.15, 0.2) is 5.78 Å². The van der Waals surface area contributed by atoms with Crippen molar-refractivity contribution in [3.8, 4) is 23.0 Å². The number of ether oxygens (including phenoxy) is 1. The van der Waals surface area contributed by atoms with E-state index in [0.29, 0.717) is 46.6 Å². The van der Waals surface area contributed by atoms with Gasteiger partial charge in [-0.05, 0) is 55.7 Å². The van der Waals surface area contributed by atoms with Gasteiger partial charge < -0.3 is 30.5 Å². The summed E-state index contributed by atoms with van der Waals surface area (Å²) in [5, 5.41) is 42.9. The summed E-state index contributed by atoms with van der Waals surface area (Å²) in [5.41, 5.74) is 1.84. The molecular weight excluding hydrogens is 526 g/mol. The van der Waals surface area contributed by atoms with Crippen LogP contribution in [-0.4, -0.2) is 51.1 Å². The number of Topliss-reactive ketones (excluding diaryl/α,β-unsaturated/α-hetero) is 2. The van der Waals surface area contributed by atoms with Gasteiger partial charge in [-0.2, -0.15) is 0 Å². The second-order valence-corrected chi connectivity index (χ2v) is 10.2. The minimum absolute atomic E-state index is 0. The molecule has 9 heteroatoms. The number of aliphatic carboxylic acids is 1. The molecule has 0 aromatic heterocycles. The standard InChI is InChI=1S/C22H17NO5.C9H16O3.CH4/c1-23-11-2-5-14-17(8-11)22(21(27)20(14)26)15-6-3-12(24)9-18(15)28-19-10-13(25)4-7-16(19)22;1-4-8(9(11)12)5-6(2)7(3)10;/h2-10,21,23-25,27H,1H3;6,8H,4-5H2,1-3H3,(H,11,12);1H4. The van der Waals surface area contributed by atoms with Gasteiger partial charge >= 0.3 is 5.97 Å². The Morgan fingerprint density at radius 2 is 1.54 bits per heavy atom. The maximum atomic E-state index is 13.0. The molecule has 1 aliphatic heterocycles. The number of phenols is 2. The van der Waals surface area contributed by atoms with E-state index in [-0.39, 0.29) is 42.3 Å². The number of fused-ring (bicyclic) bond motifs is 6. The third-order valence-corrected chi connectivity index (χ3v) is 7.83. The van der Waals surface area contributed by atoms with Crippen molar-refractivity contribution in [2.45, 2.75) is 52.6 Å². The summed E-state index contributed by atoms with van der Waals surface area (Å²) in [4.78, 5) is 34.4. The molecule has 218 valence electrons. The summed E-state index contributed by atoms with van der Waals surface area (Å²) in [6.45, 7) is 5.10. The normalized spacial score (nSPS) is 16.9. The molecule has 1 aliphatic carbocycles. The Bertz CT molecular complexity index is 1430. The molecule has 3 aromatic carbocycles. The Hall–Kier alpha value is -4.37. The third-order valence-electron chi connectivity index (χ3n) is 7.83. The number of aliphatic hydroxyl groups is 1. The number of phenolic OH excluding ortho intramolecular Hbond substituents is 2. The molecule has 1 heterocycles. The van der Waals surface area contributed by atoms with Crippen molar-refractivity contribution in [3.05, 3.63) is 76.9 Å². The average molecular weight is 564 g/mol. The fourth-order valence-corrected chi connectivity index (χ4v) is 5.46. The monoisotopic (exact) mass is 563 g/mol. The van der Waals surface area contributed by atoms with E-state index in [2.05, 4.69) is 5.32 Å². The van der Waals surface area contributed by atoms with Crippen LogP contribution in [0.15, 0.2) is 54.6 Å². The van der Waals surface area contributed by atoms with E-state index in [1.54, 1.807) is 38.2 Å². The molecular formula is C32H37NO8. The van der Waals surface area contributed by atoms with E-state index < -0.39 is 17.5 Å². The molecule has 0 saturated heterocycles. The number of carbonyl (C=O) groups excluding carboxylic acids is 2. The molecule has 0 bridgehead atoms. The van der Waals surface area contributed by atoms with Crippen LogP contribution in [0.25, 0.3) is 0 Å². The number of hydrogen-bond donors (Lipinski definition) is 5. The fraction of sp³-hybridized carbons (Fsp3) is 0.344. The number of carboxylic acids is 1. The molecule has 41 heavy (non-hydrogen) atoms. The zero-order valence-electron chi connectivity index (χ0n) is 22.8. The highest BCUT2D eigenvalue weighted by Crippen LogP contribution is 2.58. The van der Waals surface area contributed by atoms with Gasteiger partial charge in [0.1, 0.15) is 34.9 Å². The largest absolute Gasteiger partial charge is 0.508 e. The Labute approximate surface area is 239 Å². The van der Waals surface area contributed by atoms with Crippen LogP contribution < -0.4 is 10.1 Å². The average Bonchev–Trinajstić information content (AvgIpc) is 3.13. The van der Waals surface area contributed by atoms with Crippen molar-refractivity contribution in [1.82, 2.24) is 0 Å². The Kier molecular flexibility index (Phi) is 9.13. The Morgan fingerprint density at radius 3 is 2.00 bits per heavy atom.